The van der Waals surface area contributed by atoms with E-state index in [1.165, 1.54) is 13.8 Å². The van der Waals surface area contributed by atoms with Gasteiger partial charge in [0.1, 0.15) is 0 Å². The minimum Gasteiger partial charge on any atom is -0.354 e. The van der Waals surface area contributed by atoms with E-state index in [0.29, 0.717) is 22.5 Å². The van der Waals surface area contributed by atoms with Crippen LogP contribution in [0.2, 0.25) is 0 Å². The topological polar surface area (TPSA) is 84.2 Å². The largest absolute Gasteiger partial charge is 0.354 e. The lowest BCUT2D eigenvalue weighted by atomic mass is 10.2. The van der Waals surface area contributed by atoms with Gasteiger partial charge >= 0.3 is 0 Å². The van der Waals surface area contributed by atoms with E-state index >= 15 is 0 Å². The van der Waals surface area contributed by atoms with Crippen LogP contribution in [0.25, 0.3) is 11.0 Å². The molecule has 6 nitrogen and oxygen atoms in total. The number of rotatable bonds is 2. The van der Waals surface area contributed by atoms with Gasteiger partial charge in [0, 0.05) is 25.6 Å². The third kappa shape index (κ3) is 2.41. The van der Waals surface area contributed by atoms with Crippen LogP contribution in [0.3, 0.4) is 0 Å². The number of carbonyl (C=O) groups is 2. The Labute approximate surface area is 97.0 Å². The van der Waals surface area contributed by atoms with Gasteiger partial charge in [0.2, 0.25) is 11.8 Å². The molecule has 0 fully saturated rings. The van der Waals surface area contributed by atoms with Crippen LogP contribution >= 0.6 is 0 Å². The number of fused-ring (bicyclic) bond motifs is 1. The van der Waals surface area contributed by atoms with Crippen molar-refractivity contribution in [2.24, 2.45) is 0 Å². The summed E-state index contributed by atoms with van der Waals surface area (Å²) in [6.45, 7) is 2.82. The van der Waals surface area contributed by atoms with Crippen LogP contribution < -0.4 is 10.6 Å². The second-order valence-corrected chi connectivity index (χ2v) is 3.60. The molecule has 2 amide bonds. The zero-order valence-electron chi connectivity index (χ0n) is 9.40. The van der Waals surface area contributed by atoms with Crippen molar-refractivity contribution in [3.63, 3.8) is 0 Å². The van der Waals surface area contributed by atoms with Crippen LogP contribution in [0.5, 0.6) is 0 Å². The highest BCUT2D eigenvalue weighted by atomic mass is 16.5. The minimum absolute atomic E-state index is 0.161. The minimum atomic E-state index is -0.217. The molecule has 0 radical (unpaired) electrons. The molecule has 0 unspecified atom stereocenters. The summed E-state index contributed by atoms with van der Waals surface area (Å²) in [5.74, 6) is -0.000961. The Morgan fingerprint density at radius 1 is 1.18 bits per heavy atom. The molecule has 0 aliphatic heterocycles. The molecule has 2 N–H and O–H groups in total. The first-order valence-electron chi connectivity index (χ1n) is 5.01. The van der Waals surface area contributed by atoms with Crippen LogP contribution in [-0.2, 0) is 9.59 Å². The van der Waals surface area contributed by atoms with Gasteiger partial charge in [-0.2, -0.15) is 0 Å². The Morgan fingerprint density at radius 3 is 2.53 bits per heavy atom. The number of benzene rings is 1. The van der Waals surface area contributed by atoms with Crippen molar-refractivity contribution < 1.29 is 14.1 Å². The number of anilines is 2. The zero-order chi connectivity index (χ0) is 12.4. The first kappa shape index (κ1) is 11.1. The van der Waals surface area contributed by atoms with Crippen molar-refractivity contribution in [2.45, 2.75) is 13.8 Å². The fourth-order valence-corrected chi connectivity index (χ4v) is 1.48. The smallest absolute Gasteiger partial charge is 0.222 e. The maximum atomic E-state index is 10.9. The maximum Gasteiger partial charge on any atom is 0.222 e. The number of hydrogen-bond acceptors (Lipinski definition) is 4. The van der Waals surface area contributed by atoms with Gasteiger partial charge in [-0.3, -0.25) is 9.59 Å². The number of nitrogens with zero attached hydrogens (tertiary/aromatic N) is 1. The predicted octanol–water partition coefficient (Wildman–Crippen LogP) is 1.74. The standard InChI is InChI=1S/C11H11N3O3/c1-6(15)12-8-3-4-9-10(5-8)17-14-11(9)13-7(2)16/h3-5H,1-2H3,(H,12,15)(H,13,14,16). The van der Waals surface area contributed by atoms with Crippen LogP contribution in [0.1, 0.15) is 13.8 Å². The van der Waals surface area contributed by atoms with E-state index in [-0.39, 0.29) is 11.8 Å². The van der Waals surface area contributed by atoms with Gasteiger partial charge in [-0.25, -0.2) is 0 Å². The lowest BCUT2D eigenvalue weighted by molar-refractivity contribution is -0.115. The van der Waals surface area contributed by atoms with Gasteiger partial charge in [0.15, 0.2) is 11.4 Å². The highest BCUT2D eigenvalue weighted by Crippen LogP contribution is 2.25. The monoisotopic (exact) mass is 233 g/mol. The van der Waals surface area contributed by atoms with E-state index in [4.69, 9.17) is 4.52 Å². The summed E-state index contributed by atoms with van der Waals surface area (Å²) in [7, 11) is 0. The summed E-state index contributed by atoms with van der Waals surface area (Å²) in [6, 6.07) is 5.09. The Balaban J connectivity index is 2.37. The molecule has 2 aromatic rings. The Bertz CT molecular complexity index is 589. The third-order valence-electron chi connectivity index (χ3n) is 2.09. The molecule has 0 saturated heterocycles. The highest BCUT2D eigenvalue weighted by Gasteiger charge is 2.09. The lowest BCUT2D eigenvalue weighted by Gasteiger charge is -2.00. The SMILES string of the molecule is CC(=O)Nc1ccc2c(NC(C)=O)noc2c1. The summed E-state index contributed by atoms with van der Waals surface area (Å²) in [5.41, 5.74) is 1.12. The molecule has 88 valence electrons. The molecule has 1 aromatic carbocycles. The molecular formula is C11H11N3O3. The Hall–Kier alpha value is -2.37. The van der Waals surface area contributed by atoms with Crippen LogP contribution in [0, 0.1) is 0 Å². The predicted molar refractivity (Wildman–Crippen MR) is 62.6 cm³/mol. The van der Waals surface area contributed by atoms with E-state index in [9.17, 15) is 9.59 Å². The Morgan fingerprint density at radius 2 is 1.88 bits per heavy atom. The van der Waals surface area contributed by atoms with Crippen molar-refractivity contribution in [2.75, 3.05) is 10.6 Å². The molecule has 6 heteroatoms. The summed E-state index contributed by atoms with van der Waals surface area (Å²) in [6.07, 6.45) is 0. The molecule has 0 aliphatic carbocycles. The molecule has 0 aliphatic rings. The van der Waals surface area contributed by atoms with Gasteiger partial charge < -0.3 is 15.2 Å². The molecule has 1 heterocycles. The van der Waals surface area contributed by atoms with E-state index in [1.807, 2.05) is 0 Å². The van der Waals surface area contributed by atoms with E-state index in [2.05, 4.69) is 15.8 Å². The zero-order valence-corrected chi connectivity index (χ0v) is 9.40. The summed E-state index contributed by atoms with van der Waals surface area (Å²) in [4.78, 5) is 21.8. The van der Waals surface area contributed by atoms with Crippen LogP contribution in [-0.4, -0.2) is 17.0 Å². The van der Waals surface area contributed by atoms with Gasteiger partial charge in [-0.15, -0.1) is 0 Å². The third-order valence-corrected chi connectivity index (χ3v) is 2.09. The fraction of sp³-hybridized carbons (Fsp3) is 0.182. The molecule has 1 aromatic heterocycles. The normalized spacial score (nSPS) is 10.2. The van der Waals surface area contributed by atoms with Crippen molar-refractivity contribution in [1.29, 1.82) is 0 Å². The molecule has 2 rings (SSSR count). The van der Waals surface area contributed by atoms with Gasteiger partial charge in [-0.05, 0) is 12.1 Å². The summed E-state index contributed by atoms with van der Waals surface area (Å²) >= 11 is 0. The summed E-state index contributed by atoms with van der Waals surface area (Å²) < 4.78 is 5.06. The van der Waals surface area contributed by atoms with Crippen LogP contribution in [0.4, 0.5) is 11.5 Å². The highest BCUT2D eigenvalue weighted by molar-refractivity contribution is 5.99. The van der Waals surface area contributed by atoms with E-state index < -0.39 is 0 Å². The first-order valence-corrected chi connectivity index (χ1v) is 5.01. The van der Waals surface area contributed by atoms with Crippen molar-refractivity contribution >= 4 is 34.3 Å². The molecular weight excluding hydrogens is 222 g/mol. The number of nitrogens with one attached hydrogen (secondary N) is 2. The first-order chi connectivity index (χ1) is 8.06. The van der Waals surface area contributed by atoms with E-state index in [1.54, 1.807) is 18.2 Å². The maximum absolute atomic E-state index is 10.9. The molecule has 0 atom stereocenters. The Kier molecular flexibility index (Phi) is 2.78. The van der Waals surface area contributed by atoms with Crippen molar-refractivity contribution in [3.8, 4) is 0 Å². The van der Waals surface area contributed by atoms with Gasteiger partial charge in [0.25, 0.3) is 0 Å². The summed E-state index contributed by atoms with van der Waals surface area (Å²) in [5, 5.41) is 9.62. The van der Waals surface area contributed by atoms with E-state index in [0.717, 1.165) is 0 Å². The number of aromatic nitrogens is 1. The lowest BCUT2D eigenvalue weighted by Crippen LogP contribution is -2.06. The van der Waals surface area contributed by atoms with Crippen LogP contribution in [0.15, 0.2) is 22.7 Å². The number of carbonyl (C=O) groups excluding carboxylic acids is 2. The number of hydrogen-bond donors (Lipinski definition) is 2. The molecule has 0 saturated carbocycles. The van der Waals surface area contributed by atoms with Crippen molar-refractivity contribution in [1.82, 2.24) is 5.16 Å². The average molecular weight is 233 g/mol. The second-order valence-electron chi connectivity index (χ2n) is 3.60. The second kappa shape index (κ2) is 4.25. The quantitative estimate of drug-likeness (QED) is 0.827. The molecule has 0 bridgehead atoms. The molecule has 0 spiro atoms. The average Bonchev–Trinajstić information content (AvgIpc) is 2.59. The fourth-order valence-electron chi connectivity index (χ4n) is 1.48. The van der Waals surface area contributed by atoms with Crippen molar-refractivity contribution in [3.05, 3.63) is 18.2 Å². The van der Waals surface area contributed by atoms with Gasteiger partial charge in [0.05, 0.1) is 5.39 Å². The number of amides is 2. The van der Waals surface area contributed by atoms with Gasteiger partial charge in [-0.1, -0.05) is 5.16 Å². The molecule has 17 heavy (non-hydrogen) atoms.